The van der Waals surface area contributed by atoms with Crippen LogP contribution in [0.25, 0.3) is 11.0 Å². The lowest BCUT2D eigenvalue weighted by Gasteiger charge is -2.16. The third-order valence-electron chi connectivity index (χ3n) is 5.00. The Morgan fingerprint density at radius 3 is 2.72 bits per heavy atom. The molecular weight excluding hydrogens is 468 g/mol. The second-order valence-electron chi connectivity index (χ2n) is 8.23. The topological polar surface area (TPSA) is 181 Å². The summed E-state index contributed by atoms with van der Waals surface area (Å²) in [6.45, 7) is 3.94. The van der Waals surface area contributed by atoms with Gasteiger partial charge in [-0.1, -0.05) is 12.1 Å². The van der Waals surface area contributed by atoms with Crippen LogP contribution in [0.5, 0.6) is 5.75 Å². The van der Waals surface area contributed by atoms with Gasteiger partial charge in [-0.3, -0.25) is 14.4 Å². The summed E-state index contributed by atoms with van der Waals surface area (Å²) in [6, 6.07) is 7.38. The van der Waals surface area contributed by atoms with Crippen molar-refractivity contribution in [3.05, 3.63) is 64.9 Å². The Kier molecular flexibility index (Phi) is 8.44. The molecule has 3 rings (SSSR count). The molecule has 6 N–H and O–H groups in total. The number of imidazole rings is 1. The summed E-state index contributed by atoms with van der Waals surface area (Å²) >= 11 is 0. The molecule has 0 fully saturated rings. The predicted octanol–water partition coefficient (Wildman–Crippen LogP) is 1.96. The number of nitrogens with one attached hydrogen (secondary N) is 3. The number of nitrogens with zero attached hydrogens (tertiary/aromatic N) is 2. The van der Waals surface area contributed by atoms with Gasteiger partial charge >= 0.3 is 6.09 Å². The van der Waals surface area contributed by atoms with Crippen LogP contribution in [-0.4, -0.2) is 49.7 Å². The van der Waals surface area contributed by atoms with E-state index in [2.05, 4.69) is 20.6 Å². The van der Waals surface area contributed by atoms with Crippen LogP contribution >= 0.6 is 0 Å². The van der Waals surface area contributed by atoms with Gasteiger partial charge in [0.15, 0.2) is 0 Å². The van der Waals surface area contributed by atoms with E-state index in [0.29, 0.717) is 17.1 Å². The number of amides is 3. The van der Waals surface area contributed by atoms with Crippen LogP contribution in [0.4, 0.5) is 10.5 Å². The highest BCUT2D eigenvalue weighted by Gasteiger charge is 2.21. The Morgan fingerprint density at radius 1 is 1.25 bits per heavy atom. The number of carboxylic acid groups (broad SMARTS) is 1. The molecule has 2 aromatic heterocycles. The molecule has 0 unspecified atom stereocenters. The van der Waals surface area contributed by atoms with Crippen molar-refractivity contribution < 1.29 is 24.2 Å². The van der Waals surface area contributed by atoms with Gasteiger partial charge in [-0.05, 0) is 57.0 Å². The molecule has 3 aromatic rings. The molecule has 0 saturated heterocycles. The van der Waals surface area contributed by atoms with Gasteiger partial charge < -0.3 is 35.8 Å². The number of rotatable bonds is 11. The van der Waals surface area contributed by atoms with Crippen LogP contribution in [0, 0.1) is 0 Å². The molecule has 0 aliphatic rings. The Bertz CT molecular complexity index is 1340. The zero-order valence-electron chi connectivity index (χ0n) is 19.9. The van der Waals surface area contributed by atoms with Crippen molar-refractivity contribution in [3.63, 3.8) is 0 Å². The molecule has 3 amide bonds. The Balaban J connectivity index is 1.77. The van der Waals surface area contributed by atoms with E-state index in [4.69, 9.17) is 15.6 Å². The van der Waals surface area contributed by atoms with Crippen molar-refractivity contribution in [2.75, 3.05) is 5.32 Å². The Hall–Kier alpha value is -4.61. The monoisotopic (exact) mass is 496 g/mol. The number of hydrogen-bond acceptors (Lipinski definition) is 6. The fourth-order valence-electron chi connectivity index (χ4n) is 3.50. The third kappa shape index (κ3) is 6.95. The van der Waals surface area contributed by atoms with Gasteiger partial charge in [0.05, 0.1) is 18.2 Å². The third-order valence-corrected chi connectivity index (χ3v) is 5.00. The van der Waals surface area contributed by atoms with E-state index in [1.807, 2.05) is 32.0 Å². The number of allylic oxidation sites excluding steroid dienone is 1. The number of carbonyl (C=O) groups excluding carboxylic acids is 2. The highest BCUT2D eigenvalue weighted by Crippen LogP contribution is 2.24. The summed E-state index contributed by atoms with van der Waals surface area (Å²) in [5.41, 5.74) is 5.91. The van der Waals surface area contributed by atoms with Crippen molar-refractivity contribution in [1.82, 2.24) is 19.9 Å². The van der Waals surface area contributed by atoms with Gasteiger partial charge in [-0.25, -0.2) is 9.78 Å². The first-order valence-corrected chi connectivity index (χ1v) is 11.2. The number of para-hydroxylation sites is 1. The molecule has 1 aromatic carbocycles. The van der Waals surface area contributed by atoms with E-state index in [1.165, 1.54) is 16.7 Å². The molecule has 0 saturated carbocycles. The van der Waals surface area contributed by atoms with E-state index in [0.717, 1.165) is 11.6 Å². The molecule has 0 aliphatic carbocycles. The number of pyridine rings is 1. The molecule has 12 heteroatoms. The summed E-state index contributed by atoms with van der Waals surface area (Å²) in [5.74, 6) is -0.220. The predicted molar refractivity (Wildman–Crippen MR) is 133 cm³/mol. The minimum Gasteiger partial charge on any atom is -0.489 e. The summed E-state index contributed by atoms with van der Waals surface area (Å²) in [4.78, 5) is 55.4. The molecule has 190 valence electrons. The number of hydrogen-bond donors (Lipinski definition) is 5. The first-order valence-electron chi connectivity index (χ1n) is 11.2. The van der Waals surface area contributed by atoms with E-state index in [1.54, 1.807) is 12.3 Å². The SMILES string of the molecule is CC(C)Oc1cccc2[nH]c(Cn3cccc(NC(=O)[C@H](CC/C=C/C(N)=O)NC(=O)O)c3=O)nc12. The molecule has 0 spiro atoms. The molecule has 12 nitrogen and oxygen atoms in total. The van der Waals surface area contributed by atoms with Crippen LogP contribution in [0.3, 0.4) is 0 Å². The molecule has 0 aliphatic heterocycles. The van der Waals surface area contributed by atoms with Gasteiger partial charge in [0.1, 0.15) is 28.8 Å². The Labute approximate surface area is 206 Å². The molecule has 2 heterocycles. The number of benzene rings is 1. The first kappa shape index (κ1) is 26.0. The summed E-state index contributed by atoms with van der Waals surface area (Å²) in [5, 5.41) is 13.7. The van der Waals surface area contributed by atoms with E-state index >= 15 is 0 Å². The maximum atomic E-state index is 13.0. The van der Waals surface area contributed by atoms with Crippen molar-refractivity contribution in [3.8, 4) is 5.75 Å². The van der Waals surface area contributed by atoms with Crippen molar-refractivity contribution in [2.45, 2.75) is 45.4 Å². The van der Waals surface area contributed by atoms with E-state index in [9.17, 15) is 19.2 Å². The minimum absolute atomic E-state index is 0.0210. The zero-order chi connectivity index (χ0) is 26.2. The molecule has 36 heavy (non-hydrogen) atoms. The number of fused-ring (bicyclic) bond motifs is 1. The second-order valence-corrected chi connectivity index (χ2v) is 8.23. The number of aromatic nitrogens is 3. The summed E-state index contributed by atoms with van der Waals surface area (Å²) < 4.78 is 7.17. The number of ether oxygens (including phenoxy) is 1. The van der Waals surface area contributed by atoms with Gasteiger partial charge in [-0.2, -0.15) is 0 Å². The smallest absolute Gasteiger partial charge is 0.405 e. The first-order chi connectivity index (χ1) is 17.1. The molecule has 0 bridgehead atoms. The summed E-state index contributed by atoms with van der Waals surface area (Å²) in [6.07, 6.45) is 2.96. The lowest BCUT2D eigenvalue weighted by Crippen LogP contribution is -2.44. The number of aromatic amines is 1. The molecule has 0 radical (unpaired) electrons. The Morgan fingerprint density at radius 2 is 2.03 bits per heavy atom. The highest BCUT2D eigenvalue weighted by atomic mass is 16.5. The number of anilines is 1. The average Bonchev–Trinajstić information content (AvgIpc) is 3.21. The van der Waals surface area contributed by atoms with Crippen LogP contribution in [0.2, 0.25) is 0 Å². The van der Waals surface area contributed by atoms with E-state index < -0.39 is 29.5 Å². The normalized spacial score (nSPS) is 12.1. The number of H-pyrrole nitrogens is 1. The van der Waals surface area contributed by atoms with Gasteiger partial charge in [0, 0.05) is 6.20 Å². The van der Waals surface area contributed by atoms with Crippen molar-refractivity contribution in [2.24, 2.45) is 5.73 Å². The minimum atomic E-state index is -1.40. The van der Waals surface area contributed by atoms with Crippen LogP contribution in [0.1, 0.15) is 32.5 Å². The largest absolute Gasteiger partial charge is 0.489 e. The van der Waals surface area contributed by atoms with Crippen LogP contribution in [-0.2, 0) is 16.1 Å². The second kappa shape index (κ2) is 11.7. The number of nitrogens with two attached hydrogens (primary N) is 1. The maximum Gasteiger partial charge on any atom is 0.405 e. The van der Waals surface area contributed by atoms with Crippen molar-refractivity contribution in [1.29, 1.82) is 0 Å². The standard InChI is InChI=1S/C24H28N6O6/c1-14(2)36-18-10-5-8-15-21(18)29-20(26-15)13-30-12-6-9-17(23(30)33)27-22(32)16(28-24(34)35)7-3-4-11-19(25)31/h4-6,8-12,14,16,28H,3,7,13H2,1-2H3,(H2,25,31)(H,26,29)(H,27,32)(H,34,35)/b11-4+/t16-/m0/s1. The zero-order valence-corrected chi connectivity index (χ0v) is 19.9. The maximum absolute atomic E-state index is 13.0. The van der Waals surface area contributed by atoms with Crippen LogP contribution in [0.15, 0.2) is 53.5 Å². The molecule has 1 atom stereocenters. The fourth-order valence-corrected chi connectivity index (χ4v) is 3.50. The van der Waals surface area contributed by atoms with Crippen LogP contribution < -0.4 is 26.7 Å². The fraction of sp³-hybridized carbons (Fsp3) is 0.292. The lowest BCUT2D eigenvalue weighted by atomic mass is 10.1. The van der Waals surface area contributed by atoms with Gasteiger partial charge in [-0.15, -0.1) is 0 Å². The average molecular weight is 497 g/mol. The highest BCUT2D eigenvalue weighted by molar-refractivity contribution is 5.96. The number of carbonyl (C=O) groups is 3. The van der Waals surface area contributed by atoms with E-state index in [-0.39, 0.29) is 31.2 Å². The summed E-state index contributed by atoms with van der Waals surface area (Å²) in [7, 11) is 0. The van der Waals surface area contributed by atoms with Gasteiger partial charge in [0.2, 0.25) is 11.8 Å². The van der Waals surface area contributed by atoms with Crippen molar-refractivity contribution >= 4 is 34.6 Å². The quantitative estimate of drug-likeness (QED) is 0.251. The number of primary amides is 1. The lowest BCUT2D eigenvalue weighted by molar-refractivity contribution is -0.118. The molecular formula is C24H28N6O6. The van der Waals surface area contributed by atoms with Gasteiger partial charge in [0.25, 0.3) is 5.56 Å².